The number of aromatic nitrogens is 1. The molecule has 1 rings (SSSR count). The summed E-state index contributed by atoms with van der Waals surface area (Å²) in [5.41, 5.74) is 5.88. The molecular formula is C10H11N3O3. The number of rotatable bonds is 4. The predicted molar refractivity (Wildman–Crippen MR) is 57.2 cm³/mol. The molecule has 16 heavy (non-hydrogen) atoms. The highest BCUT2D eigenvalue weighted by Crippen LogP contribution is 2.02. The van der Waals surface area contributed by atoms with Crippen LogP contribution >= 0.6 is 0 Å². The van der Waals surface area contributed by atoms with E-state index in [4.69, 9.17) is 15.7 Å². The lowest BCUT2D eigenvalue weighted by atomic mass is 10.2. The number of carbonyl (C=O) groups excluding carboxylic acids is 1. The lowest BCUT2D eigenvalue weighted by molar-refractivity contribution is 0.0549. The third-order valence-corrected chi connectivity index (χ3v) is 1.70. The summed E-state index contributed by atoms with van der Waals surface area (Å²) in [5.74, 6) is -0.621. The number of pyridine rings is 1. The van der Waals surface area contributed by atoms with Gasteiger partial charge in [0.15, 0.2) is 5.84 Å². The van der Waals surface area contributed by atoms with E-state index in [9.17, 15) is 4.79 Å². The van der Waals surface area contributed by atoms with Gasteiger partial charge in [0.05, 0.1) is 5.56 Å². The summed E-state index contributed by atoms with van der Waals surface area (Å²) < 4.78 is 4.80. The molecule has 0 radical (unpaired) electrons. The Kier molecular flexibility index (Phi) is 4.02. The highest BCUT2D eigenvalue weighted by Gasteiger charge is 2.08. The highest BCUT2D eigenvalue weighted by atomic mass is 16.5. The molecule has 0 atom stereocenters. The number of hydrogen-bond donors (Lipinski definition) is 2. The minimum Gasteiger partial charge on any atom is -0.458 e. The Labute approximate surface area is 92.0 Å². The number of amidine groups is 1. The van der Waals surface area contributed by atoms with Crippen LogP contribution in [-0.2, 0) is 4.74 Å². The van der Waals surface area contributed by atoms with E-state index >= 15 is 0 Å². The molecule has 0 saturated carbocycles. The van der Waals surface area contributed by atoms with Crippen LogP contribution < -0.4 is 5.73 Å². The second-order valence-corrected chi connectivity index (χ2v) is 2.80. The van der Waals surface area contributed by atoms with Gasteiger partial charge in [0, 0.05) is 6.20 Å². The second kappa shape index (κ2) is 5.50. The van der Waals surface area contributed by atoms with Gasteiger partial charge in [-0.2, -0.15) is 0 Å². The lowest BCUT2D eigenvalue weighted by Crippen LogP contribution is -2.15. The van der Waals surface area contributed by atoms with Crippen LogP contribution in [0.1, 0.15) is 16.1 Å². The lowest BCUT2D eigenvalue weighted by Gasteiger charge is -2.02. The van der Waals surface area contributed by atoms with Crippen molar-refractivity contribution in [2.24, 2.45) is 10.9 Å². The van der Waals surface area contributed by atoms with Crippen LogP contribution in [0.2, 0.25) is 0 Å². The van der Waals surface area contributed by atoms with Gasteiger partial charge in [0.1, 0.15) is 12.3 Å². The van der Waals surface area contributed by atoms with Crippen molar-refractivity contribution in [1.82, 2.24) is 4.98 Å². The number of ether oxygens (including phenoxy) is 1. The van der Waals surface area contributed by atoms with Gasteiger partial charge in [-0.1, -0.05) is 17.8 Å². The van der Waals surface area contributed by atoms with Crippen LogP contribution in [0, 0.1) is 0 Å². The molecule has 6 heteroatoms. The Morgan fingerprint density at radius 2 is 2.44 bits per heavy atom. The number of oxime groups is 1. The number of nitrogens with two attached hydrogens (primary N) is 1. The van der Waals surface area contributed by atoms with Crippen molar-refractivity contribution in [2.75, 3.05) is 6.61 Å². The zero-order chi connectivity index (χ0) is 12.0. The van der Waals surface area contributed by atoms with Crippen LogP contribution in [0.25, 0.3) is 0 Å². The second-order valence-electron chi connectivity index (χ2n) is 2.80. The largest absolute Gasteiger partial charge is 0.458 e. The van der Waals surface area contributed by atoms with Gasteiger partial charge in [-0.3, -0.25) is 4.98 Å². The first-order chi connectivity index (χ1) is 7.69. The van der Waals surface area contributed by atoms with Gasteiger partial charge in [0.25, 0.3) is 0 Å². The van der Waals surface area contributed by atoms with Crippen molar-refractivity contribution in [1.29, 1.82) is 0 Å². The molecule has 0 spiro atoms. The molecule has 1 aromatic rings. The average molecular weight is 221 g/mol. The fourth-order valence-corrected chi connectivity index (χ4v) is 0.935. The highest BCUT2D eigenvalue weighted by molar-refractivity contribution is 5.96. The normalized spacial score (nSPS) is 10.9. The van der Waals surface area contributed by atoms with E-state index in [1.807, 2.05) is 0 Å². The molecule has 0 unspecified atom stereocenters. The van der Waals surface area contributed by atoms with Gasteiger partial charge in [0.2, 0.25) is 0 Å². The maximum absolute atomic E-state index is 11.3. The topological polar surface area (TPSA) is 97.8 Å². The Morgan fingerprint density at radius 3 is 2.94 bits per heavy atom. The van der Waals surface area contributed by atoms with Crippen LogP contribution in [0.4, 0.5) is 0 Å². The zero-order valence-electron chi connectivity index (χ0n) is 8.46. The van der Waals surface area contributed by atoms with Crippen molar-refractivity contribution < 1.29 is 14.7 Å². The first-order valence-corrected chi connectivity index (χ1v) is 4.41. The Balaban J connectivity index is 2.78. The molecule has 0 bridgehead atoms. The number of esters is 1. The van der Waals surface area contributed by atoms with Crippen LogP contribution in [0.5, 0.6) is 0 Å². The molecule has 1 aromatic heterocycles. The minimum absolute atomic E-state index is 0.119. The molecule has 0 aliphatic carbocycles. The monoisotopic (exact) mass is 221 g/mol. The smallest absolute Gasteiger partial charge is 0.340 e. The molecule has 0 aliphatic rings. The first-order valence-electron chi connectivity index (χ1n) is 4.41. The quantitative estimate of drug-likeness (QED) is 0.193. The molecule has 1 heterocycles. The molecule has 3 N–H and O–H groups in total. The minimum atomic E-state index is -0.501. The number of carbonyl (C=O) groups is 1. The standard InChI is InChI=1S/C10H11N3O3/c1-2-5-16-10(14)7-3-4-8(12-6-7)9(11)13-15/h2-4,6,15H,1,5H2,(H2,11,13). The van der Waals surface area contributed by atoms with Crippen molar-refractivity contribution in [3.05, 3.63) is 42.2 Å². The van der Waals surface area contributed by atoms with Crippen LogP contribution in [0.15, 0.2) is 36.1 Å². The summed E-state index contributed by atoms with van der Waals surface area (Å²) in [6.45, 7) is 3.56. The van der Waals surface area contributed by atoms with E-state index in [1.54, 1.807) is 0 Å². The van der Waals surface area contributed by atoms with E-state index in [0.717, 1.165) is 0 Å². The van der Waals surface area contributed by atoms with Crippen molar-refractivity contribution >= 4 is 11.8 Å². The Hall–Kier alpha value is -2.37. The van der Waals surface area contributed by atoms with Crippen molar-refractivity contribution in [2.45, 2.75) is 0 Å². The molecule has 0 aliphatic heterocycles. The van der Waals surface area contributed by atoms with Crippen molar-refractivity contribution in [3.63, 3.8) is 0 Å². The van der Waals surface area contributed by atoms with Crippen molar-refractivity contribution in [3.8, 4) is 0 Å². The number of nitrogens with zero attached hydrogens (tertiary/aromatic N) is 2. The van der Waals surface area contributed by atoms with E-state index < -0.39 is 5.97 Å². The zero-order valence-corrected chi connectivity index (χ0v) is 8.46. The predicted octanol–water partition coefficient (Wildman–Crippen LogP) is 0.519. The Bertz CT molecular complexity index is 412. The molecular weight excluding hydrogens is 210 g/mol. The summed E-state index contributed by atoms with van der Waals surface area (Å²) in [6, 6.07) is 2.94. The van der Waals surface area contributed by atoms with Crippen LogP contribution in [-0.4, -0.2) is 28.6 Å². The van der Waals surface area contributed by atoms with Gasteiger partial charge in [-0.05, 0) is 12.1 Å². The fourth-order valence-electron chi connectivity index (χ4n) is 0.935. The summed E-state index contributed by atoms with van der Waals surface area (Å²) >= 11 is 0. The molecule has 6 nitrogen and oxygen atoms in total. The Morgan fingerprint density at radius 1 is 1.69 bits per heavy atom. The van der Waals surface area contributed by atoms with Gasteiger partial charge in [-0.15, -0.1) is 0 Å². The summed E-state index contributed by atoms with van der Waals surface area (Å²) in [7, 11) is 0. The average Bonchev–Trinajstić information content (AvgIpc) is 2.35. The molecule has 0 saturated heterocycles. The maximum atomic E-state index is 11.3. The first kappa shape index (κ1) is 11.7. The summed E-state index contributed by atoms with van der Waals surface area (Å²) in [6.07, 6.45) is 2.76. The van der Waals surface area contributed by atoms with E-state index in [1.165, 1.54) is 24.4 Å². The van der Waals surface area contributed by atoms with E-state index in [0.29, 0.717) is 0 Å². The van der Waals surface area contributed by atoms with E-state index in [-0.39, 0.29) is 23.7 Å². The SMILES string of the molecule is C=CCOC(=O)c1ccc(C(N)=NO)nc1. The summed E-state index contributed by atoms with van der Waals surface area (Å²) in [5, 5.41) is 11.2. The van der Waals surface area contributed by atoms with Gasteiger partial charge >= 0.3 is 5.97 Å². The van der Waals surface area contributed by atoms with Crippen LogP contribution in [0.3, 0.4) is 0 Å². The third-order valence-electron chi connectivity index (χ3n) is 1.70. The number of hydrogen-bond acceptors (Lipinski definition) is 5. The van der Waals surface area contributed by atoms with Gasteiger partial charge < -0.3 is 15.7 Å². The molecule has 0 aromatic carbocycles. The third kappa shape index (κ3) is 2.81. The molecule has 84 valence electrons. The maximum Gasteiger partial charge on any atom is 0.340 e. The summed E-state index contributed by atoms with van der Waals surface area (Å²) in [4.78, 5) is 15.2. The molecule has 0 amide bonds. The van der Waals surface area contributed by atoms with Gasteiger partial charge in [-0.25, -0.2) is 4.79 Å². The molecule has 0 fully saturated rings. The van der Waals surface area contributed by atoms with E-state index in [2.05, 4.69) is 16.7 Å². The fraction of sp³-hybridized carbons (Fsp3) is 0.100.